The Morgan fingerprint density at radius 2 is 1.94 bits per heavy atom. The van der Waals surface area contributed by atoms with Gasteiger partial charge >= 0.3 is 0 Å². The fourth-order valence-electron chi connectivity index (χ4n) is 3.92. The Kier molecular flexibility index (Phi) is 6.61. The van der Waals surface area contributed by atoms with Crippen LogP contribution < -0.4 is 14.8 Å². The summed E-state index contributed by atoms with van der Waals surface area (Å²) in [6.45, 7) is 6.08. The van der Waals surface area contributed by atoms with Gasteiger partial charge in [0.25, 0.3) is 0 Å². The second-order valence-electron chi connectivity index (χ2n) is 8.04. The zero-order chi connectivity index (χ0) is 22.6. The van der Waals surface area contributed by atoms with Gasteiger partial charge in [-0.15, -0.1) is 0 Å². The number of hydrogen-bond acceptors (Lipinski definition) is 8. The summed E-state index contributed by atoms with van der Waals surface area (Å²) in [4.78, 5) is 24.6. The molecule has 2 aliphatic heterocycles. The number of amides is 1. The van der Waals surface area contributed by atoms with E-state index in [1.165, 1.54) is 11.8 Å². The predicted octanol–water partition coefficient (Wildman–Crippen LogP) is 3.16. The third-order valence-corrected chi connectivity index (χ3v) is 6.69. The van der Waals surface area contributed by atoms with Crippen molar-refractivity contribution in [2.75, 3.05) is 38.8 Å². The molecular formula is C24H26N4O4S. The fraction of sp³-hybridized carbons (Fsp3) is 0.375. The molecule has 0 aliphatic carbocycles. The largest absolute Gasteiger partial charge is 0.454 e. The van der Waals surface area contributed by atoms with Crippen LogP contribution in [0.2, 0.25) is 0 Å². The Hall–Kier alpha value is -2.88. The number of ether oxygens (including phenoxy) is 3. The van der Waals surface area contributed by atoms with E-state index in [-0.39, 0.29) is 24.5 Å². The minimum Gasteiger partial charge on any atom is -0.454 e. The molecule has 2 aromatic carbocycles. The van der Waals surface area contributed by atoms with Crippen LogP contribution in [0.3, 0.4) is 0 Å². The van der Waals surface area contributed by atoms with Crippen molar-refractivity contribution in [2.24, 2.45) is 0 Å². The highest BCUT2D eigenvalue weighted by Crippen LogP contribution is 2.34. The maximum Gasteiger partial charge on any atom is 0.231 e. The summed E-state index contributed by atoms with van der Waals surface area (Å²) in [5.41, 5.74) is 1.87. The van der Waals surface area contributed by atoms with Gasteiger partial charge in [-0.25, -0.2) is 9.97 Å². The first-order chi connectivity index (χ1) is 16.2. The highest BCUT2D eigenvalue weighted by molar-refractivity contribution is 8.00. The van der Waals surface area contributed by atoms with Gasteiger partial charge in [0.2, 0.25) is 12.7 Å². The number of nitrogens with zero attached hydrogens (tertiary/aromatic N) is 3. The van der Waals surface area contributed by atoms with Crippen LogP contribution in [0.25, 0.3) is 10.9 Å². The zero-order valence-electron chi connectivity index (χ0n) is 18.5. The van der Waals surface area contributed by atoms with E-state index in [1.54, 1.807) is 0 Å². The highest BCUT2D eigenvalue weighted by Gasteiger charge is 2.18. The molecule has 0 unspecified atom stereocenters. The number of carbonyl (C=O) groups excluding carboxylic acids is 1. The van der Waals surface area contributed by atoms with Gasteiger partial charge in [-0.1, -0.05) is 36.0 Å². The van der Waals surface area contributed by atoms with Crippen LogP contribution in [-0.4, -0.2) is 59.6 Å². The van der Waals surface area contributed by atoms with Crippen molar-refractivity contribution in [3.05, 3.63) is 53.9 Å². The van der Waals surface area contributed by atoms with Gasteiger partial charge < -0.3 is 19.5 Å². The molecule has 0 radical (unpaired) electrons. The number of carbonyl (C=O) groups is 1. The third-order valence-electron chi connectivity index (χ3n) is 5.70. The summed E-state index contributed by atoms with van der Waals surface area (Å²) in [7, 11) is 0. The van der Waals surface area contributed by atoms with Gasteiger partial charge in [-0.05, 0) is 30.7 Å². The smallest absolute Gasteiger partial charge is 0.231 e. The van der Waals surface area contributed by atoms with E-state index >= 15 is 0 Å². The standard InChI is InChI=1S/C24H26N4O4S/c1-16(17-6-7-20-21(12-17)32-15-31-20)25-23(29)14-33-24-18-4-2-3-5-19(18)26-22(27-24)13-28-8-10-30-11-9-28/h2-7,12,16H,8-11,13-15H2,1H3,(H,25,29)/t16-/m1/s1. The van der Waals surface area contributed by atoms with Gasteiger partial charge in [0.1, 0.15) is 10.9 Å². The SMILES string of the molecule is C[C@@H](NC(=O)CSc1nc(CN2CCOCC2)nc2ccccc12)c1ccc2c(c1)OCO2. The van der Waals surface area contributed by atoms with E-state index in [4.69, 9.17) is 24.2 Å². The molecule has 3 heterocycles. The molecule has 0 spiro atoms. The number of para-hydroxylation sites is 1. The lowest BCUT2D eigenvalue weighted by Gasteiger charge is -2.25. The minimum atomic E-state index is -0.147. The molecule has 0 saturated carbocycles. The number of nitrogens with one attached hydrogen (secondary N) is 1. The molecule has 1 atom stereocenters. The molecule has 1 saturated heterocycles. The van der Waals surface area contributed by atoms with E-state index in [0.717, 1.165) is 59.4 Å². The minimum absolute atomic E-state index is 0.0532. The number of benzene rings is 2. The lowest BCUT2D eigenvalue weighted by Crippen LogP contribution is -2.36. The lowest BCUT2D eigenvalue weighted by atomic mass is 10.1. The summed E-state index contributed by atoms with van der Waals surface area (Å²) >= 11 is 1.44. The summed E-state index contributed by atoms with van der Waals surface area (Å²) < 4.78 is 16.2. The van der Waals surface area contributed by atoms with Crippen molar-refractivity contribution in [3.8, 4) is 11.5 Å². The van der Waals surface area contributed by atoms with Crippen LogP contribution in [0.5, 0.6) is 11.5 Å². The number of morpholine rings is 1. The van der Waals surface area contributed by atoms with Crippen LogP contribution in [0.15, 0.2) is 47.5 Å². The second kappa shape index (κ2) is 9.94. The molecule has 172 valence electrons. The molecule has 8 nitrogen and oxygen atoms in total. The molecule has 33 heavy (non-hydrogen) atoms. The normalized spacial score (nSPS) is 16.6. The Morgan fingerprint density at radius 3 is 2.82 bits per heavy atom. The van der Waals surface area contributed by atoms with E-state index in [1.807, 2.05) is 49.4 Å². The average molecular weight is 467 g/mol. The molecule has 1 N–H and O–H groups in total. The third kappa shape index (κ3) is 5.21. The van der Waals surface area contributed by atoms with Crippen molar-refractivity contribution >= 4 is 28.6 Å². The van der Waals surface area contributed by atoms with Crippen LogP contribution in [-0.2, 0) is 16.1 Å². The van der Waals surface area contributed by atoms with Gasteiger partial charge in [-0.3, -0.25) is 9.69 Å². The van der Waals surface area contributed by atoms with E-state index in [9.17, 15) is 4.79 Å². The fourth-order valence-corrected chi connectivity index (χ4v) is 4.77. The molecule has 1 amide bonds. The summed E-state index contributed by atoms with van der Waals surface area (Å²) in [5.74, 6) is 2.43. The molecule has 5 rings (SSSR count). The first kappa shape index (κ1) is 21.9. The van der Waals surface area contributed by atoms with Crippen LogP contribution >= 0.6 is 11.8 Å². The van der Waals surface area contributed by atoms with Crippen LogP contribution in [0, 0.1) is 0 Å². The first-order valence-electron chi connectivity index (χ1n) is 11.0. The summed E-state index contributed by atoms with van der Waals surface area (Å²) in [6.07, 6.45) is 0. The van der Waals surface area contributed by atoms with Crippen LogP contribution in [0.4, 0.5) is 0 Å². The van der Waals surface area contributed by atoms with Gasteiger partial charge in [0.15, 0.2) is 11.5 Å². The van der Waals surface area contributed by atoms with Crippen molar-refractivity contribution in [1.82, 2.24) is 20.2 Å². The molecule has 9 heteroatoms. The maximum absolute atomic E-state index is 12.7. The molecule has 2 aliphatic rings. The number of hydrogen-bond donors (Lipinski definition) is 1. The summed E-state index contributed by atoms with van der Waals surface area (Å²) in [6, 6.07) is 13.5. The average Bonchev–Trinajstić information content (AvgIpc) is 3.31. The topological polar surface area (TPSA) is 85.8 Å². The second-order valence-corrected chi connectivity index (χ2v) is 9.01. The Bertz CT molecular complexity index is 1150. The zero-order valence-corrected chi connectivity index (χ0v) is 19.3. The van der Waals surface area contributed by atoms with Crippen molar-refractivity contribution < 1.29 is 19.0 Å². The summed E-state index contributed by atoms with van der Waals surface area (Å²) in [5, 5.41) is 4.86. The van der Waals surface area contributed by atoms with E-state index in [2.05, 4.69) is 10.2 Å². The van der Waals surface area contributed by atoms with Gasteiger partial charge in [-0.2, -0.15) is 0 Å². The first-order valence-corrected chi connectivity index (χ1v) is 12.0. The van der Waals surface area contributed by atoms with Gasteiger partial charge in [0.05, 0.1) is 37.1 Å². The molecule has 1 aromatic heterocycles. The van der Waals surface area contributed by atoms with E-state index in [0.29, 0.717) is 12.3 Å². The number of rotatable bonds is 7. The number of thioether (sulfide) groups is 1. The predicted molar refractivity (Wildman–Crippen MR) is 125 cm³/mol. The van der Waals surface area contributed by atoms with Crippen molar-refractivity contribution in [2.45, 2.75) is 24.5 Å². The number of aromatic nitrogens is 2. The highest BCUT2D eigenvalue weighted by atomic mass is 32.2. The molecule has 3 aromatic rings. The Balaban J connectivity index is 1.25. The maximum atomic E-state index is 12.7. The van der Waals surface area contributed by atoms with Crippen molar-refractivity contribution in [3.63, 3.8) is 0 Å². The lowest BCUT2D eigenvalue weighted by molar-refractivity contribution is -0.119. The Labute approximate surface area is 196 Å². The van der Waals surface area contributed by atoms with Crippen molar-refractivity contribution in [1.29, 1.82) is 0 Å². The van der Waals surface area contributed by atoms with Crippen LogP contribution in [0.1, 0.15) is 24.4 Å². The van der Waals surface area contributed by atoms with E-state index < -0.39 is 0 Å². The van der Waals surface area contributed by atoms with Gasteiger partial charge in [0, 0.05) is 18.5 Å². The quantitative estimate of drug-likeness (QED) is 0.420. The monoisotopic (exact) mass is 466 g/mol. The number of fused-ring (bicyclic) bond motifs is 2. The molecule has 1 fully saturated rings. The molecular weight excluding hydrogens is 440 g/mol. The Morgan fingerprint density at radius 1 is 1.12 bits per heavy atom. The molecule has 0 bridgehead atoms.